The molecule has 1 aliphatic rings. The zero-order valence-electron chi connectivity index (χ0n) is 20.0. The Hall–Kier alpha value is -3.20. The Morgan fingerprint density at radius 3 is 2.66 bits per heavy atom. The number of hydrogen-bond acceptors (Lipinski definition) is 7. The molecule has 184 valence electrons. The molecule has 1 fully saturated rings. The molecule has 35 heavy (non-hydrogen) atoms. The van der Waals surface area contributed by atoms with Crippen LogP contribution in [0.25, 0.3) is 10.9 Å². The van der Waals surface area contributed by atoms with Crippen LogP contribution in [0.2, 0.25) is 0 Å². The lowest BCUT2D eigenvalue weighted by molar-refractivity contribution is -0.147. The molecule has 0 bridgehead atoms. The molecule has 1 aromatic heterocycles. The molecule has 2 aromatic carbocycles. The van der Waals surface area contributed by atoms with Gasteiger partial charge in [-0.15, -0.1) is 0 Å². The van der Waals surface area contributed by atoms with Crippen molar-refractivity contribution in [2.75, 3.05) is 14.2 Å². The summed E-state index contributed by atoms with van der Waals surface area (Å²) in [7, 11) is 2.81. The monoisotopic (exact) mass is 541 g/mol. The van der Waals surface area contributed by atoms with Gasteiger partial charge >= 0.3 is 5.97 Å². The zero-order valence-corrected chi connectivity index (χ0v) is 21.6. The number of halogens is 1. The van der Waals surface area contributed by atoms with Crippen LogP contribution in [0, 0.1) is 0 Å². The Morgan fingerprint density at radius 2 is 1.94 bits per heavy atom. The Bertz CT molecular complexity index is 1310. The van der Waals surface area contributed by atoms with Crippen LogP contribution >= 0.6 is 15.9 Å². The first-order valence-electron chi connectivity index (χ1n) is 11.6. The van der Waals surface area contributed by atoms with Crippen molar-refractivity contribution in [2.45, 2.75) is 51.0 Å². The van der Waals surface area contributed by atoms with E-state index >= 15 is 0 Å². The standard InChI is InChI=1S/C26H28BrN3O5/c1-16(26(32)34-3)35-23-18(13-19(27)14-22(23)33-2)15-28-30-24(17-9-5-4-6-10-17)29-21-12-8-7-11-20(21)25(30)31/h7-8,11-17H,4-6,9-10H2,1-3H3/t16-/m1/s1. The van der Waals surface area contributed by atoms with E-state index in [1.807, 2.05) is 18.2 Å². The van der Waals surface area contributed by atoms with Gasteiger partial charge < -0.3 is 14.2 Å². The van der Waals surface area contributed by atoms with Gasteiger partial charge in [-0.1, -0.05) is 47.3 Å². The first-order valence-corrected chi connectivity index (χ1v) is 12.4. The quantitative estimate of drug-likeness (QED) is 0.307. The average molecular weight is 542 g/mol. The summed E-state index contributed by atoms with van der Waals surface area (Å²) >= 11 is 3.48. The van der Waals surface area contributed by atoms with Crippen molar-refractivity contribution in [1.82, 2.24) is 9.66 Å². The molecular formula is C26H28BrN3O5. The number of fused-ring (bicyclic) bond motifs is 1. The minimum atomic E-state index is -0.870. The molecule has 3 aromatic rings. The summed E-state index contributed by atoms with van der Waals surface area (Å²) in [5.41, 5.74) is 0.978. The number of carbonyl (C=O) groups excluding carboxylic acids is 1. The summed E-state index contributed by atoms with van der Waals surface area (Å²) in [4.78, 5) is 30.3. The van der Waals surface area contributed by atoms with Gasteiger partial charge in [0.05, 0.1) is 31.3 Å². The van der Waals surface area contributed by atoms with Crippen LogP contribution in [0.4, 0.5) is 0 Å². The van der Waals surface area contributed by atoms with E-state index in [0.29, 0.717) is 33.8 Å². The lowest BCUT2D eigenvalue weighted by Gasteiger charge is -2.23. The van der Waals surface area contributed by atoms with E-state index in [0.717, 1.165) is 30.2 Å². The van der Waals surface area contributed by atoms with Crippen molar-refractivity contribution >= 4 is 39.0 Å². The van der Waals surface area contributed by atoms with Crippen LogP contribution in [-0.2, 0) is 9.53 Å². The highest BCUT2D eigenvalue weighted by Gasteiger charge is 2.23. The fourth-order valence-corrected chi connectivity index (χ4v) is 4.81. The fourth-order valence-electron chi connectivity index (χ4n) is 4.35. The predicted molar refractivity (Wildman–Crippen MR) is 138 cm³/mol. The second kappa shape index (κ2) is 11.0. The van der Waals surface area contributed by atoms with E-state index < -0.39 is 12.1 Å². The number of methoxy groups -OCH3 is 2. The Kier molecular flexibility index (Phi) is 7.85. The smallest absolute Gasteiger partial charge is 0.346 e. The Balaban J connectivity index is 1.83. The number of benzene rings is 2. The summed E-state index contributed by atoms with van der Waals surface area (Å²) in [6, 6.07) is 10.8. The SMILES string of the molecule is COC(=O)[C@@H](C)Oc1c(C=Nn2c(C3CCCCC3)nc3ccccc3c2=O)cc(Br)cc1OC. The van der Waals surface area contributed by atoms with Crippen LogP contribution in [0.1, 0.15) is 56.3 Å². The lowest BCUT2D eigenvalue weighted by atomic mass is 9.88. The highest BCUT2D eigenvalue weighted by molar-refractivity contribution is 9.10. The van der Waals surface area contributed by atoms with Crippen LogP contribution in [0.3, 0.4) is 0 Å². The number of aromatic nitrogens is 2. The van der Waals surface area contributed by atoms with Gasteiger partial charge in [0.1, 0.15) is 5.82 Å². The van der Waals surface area contributed by atoms with Gasteiger partial charge in [0.2, 0.25) is 0 Å². The van der Waals surface area contributed by atoms with Crippen molar-refractivity contribution in [3.05, 3.63) is 62.6 Å². The van der Waals surface area contributed by atoms with Gasteiger partial charge in [0.15, 0.2) is 17.6 Å². The molecule has 1 saturated carbocycles. The van der Waals surface area contributed by atoms with E-state index in [1.165, 1.54) is 31.5 Å². The Labute approximate surface area is 212 Å². The summed E-state index contributed by atoms with van der Waals surface area (Å²) in [6.45, 7) is 1.59. The van der Waals surface area contributed by atoms with Gasteiger partial charge in [0.25, 0.3) is 5.56 Å². The predicted octanol–water partition coefficient (Wildman–Crippen LogP) is 5.04. The third kappa shape index (κ3) is 5.40. The number of esters is 1. The van der Waals surface area contributed by atoms with E-state index in [2.05, 4.69) is 21.0 Å². The van der Waals surface area contributed by atoms with Crippen LogP contribution in [-0.4, -0.2) is 42.2 Å². The molecule has 0 amide bonds. The molecule has 0 aliphatic heterocycles. The lowest BCUT2D eigenvalue weighted by Crippen LogP contribution is -2.26. The third-order valence-electron chi connectivity index (χ3n) is 6.16. The molecule has 4 rings (SSSR count). The normalized spacial score (nSPS) is 15.3. The maximum atomic E-state index is 13.5. The fraction of sp³-hybridized carbons (Fsp3) is 0.385. The van der Waals surface area contributed by atoms with E-state index in [1.54, 1.807) is 25.1 Å². The minimum Gasteiger partial charge on any atom is -0.493 e. The van der Waals surface area contributed by atoms with Crippen molar-refractivity contribution in [3.8, 4) is 11.5 Å². The van der Waals surface area contributed by atoms with Gasteiger partial charge in [-0.05, 0) is 44.0 Å². The number of rotatable bonds is 7. The highest BCUT2D eigenvalue weighted by Crippen LogP contribution is 2.35. The van der Waals surface area contributed by atoms with Crippen LogP contribution < -0.4 is 15.0 Å². The molecule has 1 aliphatic carbocycles. The number of ether oxygens (including phenoxy) is 3. The topological polar surface area (TPSA) is 92.0 Å². The second-order valence-electron chi connectivity index (χ2n) is 8.49. The van der Waals surface area contributed by atoms with Crippen molar-refractivity contribution in [1.29, 1.82) is 0 Å². The summed E-state index contributed by atoms with van der Waals surface area (Å²) < 4.78 is 18.3. The number of nitrogens with zero attached hydrogens (tertiary/aromatic N) is 3. The van der Waals surface area contributed by atoms with Gasteiger partial charge in [0, 0.05) is 16.0 Å². The minimum absolute atomic E-state index is 0.158. The third-order valence-corrected chi connectivity index (χ3v) is 6.62. The highest BCUT2D eigenvalue weighted by atomic mass is 79.9. The van der Waals surface area contributed by atoms with Gasteiger partial charge in [-0.2, -0.15) is 9.78 Å². The van der Waals surface area contributed by atoms with Crippen molar-refractivity contribution in [2.24, 2.45) is 5.10 Å². The number of hydrogen-bond donors (Lipinski definition) is 0. The molecule has 0 radical (unpaired) electrons. The first-order chi connectivity index (χ1) is 16.9. The molecule has 0 saturated heterocycles. The molecule has 0 unspecified atom stereocenters. The number of para-hydroxylation sites is 1. The van der Waals surface area contributed by atoms with E-state index in [9.17, 15) is 9.59 Å². The molecule has 9 heteroatoms. The summed E-state index contributed by atoms with van der Waals surface area (Å²) in [6.07, 6.45) is 5.99. The summed E-state index contributed by atoms with van der Waals surface area (Å²) in [5.74, 6) is 1.03. The van der Waals surface area contributed by atoms with Crippen LogP contribution in [0.15, 0.2) is 50.8 Å². The maximum absolute atomic E-state index is 13.5. The summed E-state index contributed by atoms with van der Waals surface area (Å²) in [5, 5.41) is 5.10. The first kappa shape index (κ1) is 24.9. The number of carbonyl (C=O) groups is 1. The van der Waals surface area contributed by atoms with Crippen molar-refractivity contribution < 1.29 is 19.0 Å². The second-order valence-corrected chi connectivity index (χ2v) is 9.41. The van der Waals surface area contributed by atoms with Gasteiger partial charge in [-0.3, -0.25) is 4.79 Å². The molecule has 0 spiro atoms. The molecule has 1 atom stereocenters. The Morgan fingerprint density at radius 1 is 1.20 bits per heavy atom. The van der Waals surface area contributed by atoms with Crippen molar-refractivity contribution in [3.63, 3.8) is 0 Å². The van der Waals surface area contributed by atoms with E-state index in [-0.39, 0.29) is 11.5 Å². The molecule has 1 heterocycles. The largest absolute Gasteiger partial charge is 0.493 e. The van der Waals surface area contributed by atoms with E-state index in [4.69, 9.17) is 19.2 Å². The van der Waals surface area contributed by atoms with Gasteiger partial charge in [-0.25, -0.2) is 9.78 Å². The molecular weight excluding hydrogens is 514 g/mol. The zero-order chi connectivity index (χ0) is 24.9. The molecule has 8 nitrogen and oxygen atoms in total. The average Bonchev–Trinajstić information content (AvgIpc) is 2.89. The maximum Gasteiger partial charge on any atom is 0.346 e. The molecule has 0 N–H and O–H groups in total. The van der Waals surface area contributed by atoms with Crippen LogP contribution in [0.5, 0.6) is 11.5 Å².